The highest BCUT2D eigenvalue weighted by atomic mass is 16.7. The summed E-state index contributed by atoms with van der Waals surface area (Å²) in [6.07, 6.45) is -0.461. The Hall–Kier alpha value is -3.83. The fraction of sp³-hybridized carbons (Fsp3) is 0.519. The highest BCUT2D eigenvalue weighted by Crippen LogP contribution is 2.39. The van der Waals surface area contributed by atoms with Crippen LogP contribution in [0.5, 0.6) is 11.5 Å². The van der Waals surface area contributed by atoms with Gasteiger partial charge in [-0.2, -0.15) is 5.48 Å². The largest absolute Gasteiger partial charge is 0.506 e. The molecule has 1 aliphatic rings. The molecule has 1 aliphatic heterocycles. The second-order valence-electron chi connectivity index (χ2n) is 9.15. The average Bonchev–Trinajstić information content (AvgIpc) is 2.92. The molecule has 0 bridgehead atoms. The standard InChI is InChI=1S/C27H34N2O11/c1-8-13-36-29-26(33)39-22-20(31)25(40-27(6,9-2)23(22)34-7)37-17-12-11-16-19(30)18(15(5)28-35-10-3)24(32)38-21(16)14(17)4/h1,11-12,20,22-23,25,30-31H,9-10,13H2,2-7H3,(H,29,33)/b28-15+/t20-,22+,23-,25?,27+/m1/s1. The Balaban J connectivity index is 1.96. The molecule has 5 atom stereocenters. The van der Waals surface area contributed by atoms with Gasteiger partial charge in [-0.3, -0.25) is 4.84 Å². The molecule has 1 aromatic heterocycles. The third-order valence-corrected chi connectivity index (χ3v) is 6.59. The van der Waals surface area contributed by atoms with Crippen LogP contribution in [-0.4, -0.2) is 72.5 Å². The third kappa shape index (κ3) is 6.15. The van der Waals surface area contributed by atoms with Gasteiger partial charge in [-0.1, -0.05) is 18.0 Å². The van der Waals surface area contributed by atoms with Crippen molar-refractivity contribution in [3.63, 3.8) is 0 Å². The number of fused-ring (bicyclic) bond motifs is 1. The predicted molar refractivity (Wildman–Crippen MR) is 142 cm³/mol. The first-order chi connectivity index (χ1) is 19.0. The molecule has 40 heavy (non-hydrogen) atoms. The van der Waals surface area contributed by atoms with Gasteiger partial charge in [0.15, 0.2) is 12.2 Å². The summed E-state index contributed by atoms with van der Waals surface area (Å²) in [5.41, 5.74) is 0.583. The number of aromatic hydroxyl groups is 1. The minimum atomic E-state index is -1.52. The number of oxime groups is 1. The number of terminal acetylenes is 1. The number of carbonyl (C=O) groups is 1. The number of nitrogens with zero attached hydrogens (tertiary/aromatic N) is 1. The molecule has 1 amide bonds. The monoisotopic (exact) mass is 562 g/mol. The molecule has 218 valence electrons. The van der Waals surface area contributed by atoms with Gasteiger partial charge in [0.05, 0.1) is 16.7 Å². The van der Waals surface area contributed by atoms with Gasteiger partial charge in [0, 0.05) is 12.7 Å². The molecule has 1 aromatic carbocycles. The van der Waals surface area contributed by atoms with Crippen molar-refractivity contribution in [3.05, 3.63) is 33.7 Å². The highest BCUT2D eigenvalue weighted by molar-refractivity contribution is 6.04. The molecule has 0 saturated carbocycles. The summed E-state index contributed by atoms with van der Waals surface area (Å²) in [7, 11) is 1.40. The van der Waals surface area contributed by atoms with Gasteiger partial charge in [0.25, 0.3) is 0 Å². The molecular formula is C27H34N2O11. The maximum atomic E-state index is 12.7. The summed E-state index contributed by atoms with van der Waals surface area (Å²) < 4.78 is 28.6. The Morgan fingerprint density at radius 3 is 2.67 bits per heavy atom. The van der Waals surface area contributed by atoms with Crippen molar-refractivity contribution in [3.8, 4) is 23.8 Å². The van der Waals surface area contributed by atoms with Crippen LogP contribution >= 0.6 is 0 Å². The first-order valence-electron chi connectivity index (χ1n) is 12.6. The number of hydrogen-bond donors (Lipinski definition) is 3. The Morgan fingerprint density at radius 2 is 2.05 bits per heavy atom. The van der Waals surface area contributed by atoms with E-state index in [1.807, 2.05) is 12.4 Å². The maximum Gasteiger partial charge on any atom is 0.431 e. The molecule has 13 heteroatoms. The molecule has 0 aliphatic carbocycles. The first kappa shape index (κ1) is 30.7. The average molecular weight is 563 g/mol. The minimum absolute atomic E-state index is 0.0594. The van der Waals surface area contributed by atoms with E-state index in [1.54, 1.807) is 20.8 Å². The van der Waals surface area contributed by atoms with Crippen LogP contribution in [0.1, 0.15) is 45.2 Å². The number of benzene rings is 1. The lowest BCUT2D eigenvalue weighted by Crippen LogP contribution is -2.66. The van der Waals surface area contributed by atoms with Crippen LogP contribution in [0, 0.1) is 19.3 Å². The number of hydroxylamine groups is 1. The first-order valence-corrected chi connectivity index (χ1v) is 12.6. The lowest BCUT2D eigenvalue weighted by Gasteiger charge is -2.48. The van der Waals surface area contributed by atoms with E-state index in [0.29, 0.717) is 12.0 Å². The Bertz CT molecular complexity index is 1350. The zero-order valence-electron chi connectivity index (χ0n) is 23.2. The van der Waals surface area contributed by atoms with Gasteiger partial charge < -0.3 is 38.4 Å². The molecule has 1 unspecified atom stereocenters. The summed E-state index contributed by atoms with van der Waals surface area (Å²) >= 11 is 0. The molecule has 13 nitrogen and oxygen atoms in total. The third-order valence-electron chi connectivity index (χ3n) is 6.59. The highest BCUT2D eigenvalue weighted by Gasteiger charge is 2.54. The Labute approximate surface area is 230 Å². The Morgan fingerprint density at radius 1 is 1.32 bits per heavy atom. The smallest absolute Gasteiger partial charge is 0.431 e. The van der Waals surface area contributed by atoms with Crippen molar-refractivity contribution in [1.29, 1.82) is 0 Å². The second-order valence-corrected chi connectivity index (χ2v) is 9.15. The van der Waals surface area contributed by atoms with E-state index in [1.165, 1.54) is 26.2 Å². The quantitative estimate of drug-likeness (QED) is 0.128. The van der Waals surface area contributed by atoms with Crippen molar-refractivity contribution < 1.29 is 48.0 Å². The number of amides is 1. The SMILES string of the molecule is C#CCONC(=O)O[C@@H]1[C@@H](OC)[C@](C)(CC)OC(Oc2ccc3c(O)c(/C(C)=N/OCC)c(=O)oc3c2C)[C@@H]1O. The van der Waals surface area contributed by atoms with Crippen LogP contribution < -0.4 is 15.8 Å². The van der Waals surface area contributed by atoms with Gasteiger partial charge in [-0.15, -0.1) is 6.42 Å². The number of aliphatic hydroxyl groups excluding tert-OH is 1. The Kier molecular flexibility index (Phi) is 9.99. The summed E-state index contributed by atoms with van der Waals surface area (Å²) in [5.74, 6) is 2.04. The van der Waals surface area contributed by atoms with Crippen LogP contribution in [0.2, 0.25) is 0 Å². The number of ether oxygens (including phenoxy) is 4. The summed E-state index contributed by atoms with van der Waals surface area (Å²) in [5, 5.41) is 26.0. The number of rotatable bonds is 10. The predicted octanol–water partition coefficient (Wildman–Crippen LogP) is 2.51. The van der Waals surface area contributed by atoms with E-state index in [0.717, 1.165) is 0 Å². The van der Waals surface area contributed by atoms with E-state index in [-0.39, 0.29) is 47.0 Å². The fourth-order valence-corrected chi connectivity index (χ4v) is 4.41. The van der Waals surface area contributed by atoms with E-state index in [9.17, 15) is 19.8 Å². The molecule has 0 spiro atoms. The van der Waals surface area contributed by atoms with Crippen LogP contribution in [0.15, 0.2) is 26.5 Å². The molecule has 0 radical (unpaired) electrons. The normalized spacial score (nSPS) is 24.8. The van der Waals surface area contributed by atoms with Crippen LogP contribution in [0.4, 0.5) is 4.79 Å². The zero-order chi connectivity index (χ0) is 29.6. The molecular weight excluding hydrogens is 528 g/mol. The number of methoxy groups -OCH3 is 1. The van der Waals surface area contributed by atoms with Crippen molar-refractivity contribution in [2.75, 3.05) is 20.3 Å². The van der Waals surface area contributed by atoms with Gasteiger partial charge in [-0.25, -0.2) is 9.59 Å². The number of aryl methyl sites for hydroxylation is 1. The van der Waals surface area contributed by atoms with E-state index in [2.05, 4.69) is 11.1 Å². The molecule has 2 aromatic rings. The second kappa shape index (κ2) is 13.0. The number of hydrogen-bond acceptors (Lipinski definition) is 12. The molecule has 1 saturated heterocycles. The van der Waals surface area contributed by atoms with Crippen molar-refractivity contribution in [2.24, 2.45) is 5.16 Å². The summed E-state index contributed by atoms with van der Waals surface area (Å²) in [6.45, 7) is 8.50. The summed E-state index contributed by atoms with van der Waals surface area (Å²) in [6, 6.07) is 3.01. The minimum Gasteiger partial charge on any atom is -0.506 e. The van der Waals surface area contributed by atoms with Crippen molar-refractivity contribution >= 4 is 22.8 Å². The fourth-order valence-electron chi connectivity index (χ4n) is 4.41. The lowest BCUT2D eigenvalue weighted by molar-refractivity contribution is -0.311. The van der Waals surface area contributed by atoms with Crippen molar-refractivity contribution in [1.82, 2.24) is 5.48 Å². The van der Waals surface area contributed by atoms with Crippen molar-refractivity contribution in [2.45, 2.75) is 71.2 Å². The zero-order valence-corrected chi connectivity index (χ0v) is 23.2. The van der Waals surface area contributed by atoms with E-state index in [4.69, 9.17) is 39.5 Å². The molecule has 1 fully saturated rings. The number of carbonyl (C=O) groups excluding carboxylic acids is 1. The van der Waals surface area contributed by atoms with Gasteiger partial charge >= 0.3 is 11.7 Å². The van der Waals surface area contributed by atoms with Gasteiger partial charge in [0.1, 0.15) is 42.0 Å². The lowest BCUT2D eigenvalue weighted by atomic mass is 9.86. The molecule has 2 heterocycles. The van der Waals surface area contributed by atoms with Crippen LogP contribution in [0.25, 0.3) is 11.0 Å². The molecule has 3 rings (SSSR count). The topological polar surface area (TPSA) is 168 Å². The van der Waals surface area contributed by atoms with E-state index < -0.39 is 41.9 Å². The van der Waals surface area contributed by atoms with Crippen LogP contribution in [-0.2, 0) is 23.9 Å². The van der Waals surface area contributed by atoms with Gasteiger partial charge in [0.2, 0.25) is 6.29 Å². The number of aliphatic hydroxyl groups is 1. The van der Waals surface area contributed by atoms with Crippen LogP contribution in [0.3, 0.4) is 0 Å². The summed E-state index contributed by atoms with van der Waals surface area (Å²) in [4.78, 5) is 34.8. The van der Waals surface area contributed by atoms with Gasteiger partial charge in [-0.05, 0) is 46.2 Å². The maximum absolute atomic E-state index is 12.7. The molecule has 3 N–H and O–H groups in total. The van der Waals surface area contributed by atoms with E-state index >= 15 is 0 Å². The number of nitrogens with one attached hydrogen (secondary N) is 1.